The van der Waals surface area contributed by atoms with Crippen LogP contribution in [0.4, 0.5) is 4.39 Å². The first kappa shape index (κ1) is 6.96. The number of hydrogen-bond donors (Lipinski definition) is 1. The first-order chi connectivity index (χ1) is 4.16. The first-order valence-corrected chi connectivity index (χ1v) is 3.24. The Bertz CT molecular complexity index is 107. The molecule has 9 heavy (non-hydrogen) atoms. The lowest BCUT2D eigenvalue weighted by Gasteiger charge is -2.15. The van der Waals surface area contributed by atoms with Gasteiger partial charge in [-0.2, -0.15) is 0 Å². The van der Waals surface area contributed by atoms with Crippen LogP contribution < -0.4 is 5.73 Å². The summed E-state index contributed by atoms with van der Waals surface area (Å²) in [5.41, 5.74) is 4.14. The van der Waals surface area contributed by atoms with Crippen LogP contribution in [-0.4, -0.2) is 37.3 Å². The second-order valence-electron chi connectivity index (χ2n) is 2.84. The molecule has 0 spiro atoms. The van der Waals surface area contributed by atoms with Crippen molar-refractivity contribution in [1.82, 2.24) is 4.90 Å². The maximum absolute atomic E-state index is 13.1. The van der Waals surface area contributed by atoms with Crippen molar-refractivity contribution >= 4 is 0 Å². The summed E-state index contributed by atoms with van der Waals surface area (Å²) in [4.78, 5) is 1.97. The molecule has 0 aromatic carbocycles. The molecule has 0 amide bonds. The van der Waals surface area contributed by atoms with Crippen LogP contribution in [0, 0.1) is 0 Å². The first-order valence-electron chi connectivity index (χ1n) is 3.24. The molecule has 1 atom stereocenters. The molecular formula is C6H13FN2. The Hall–Kier alpha value is -0.150. The zero-order valence-electron chi connectivity index (χ0n) is 5.73. The second-order valence-corrected chi connectivity index (χ2v) is 2.84. The van der Waals surface area contributed by atoms with Crippen molar-refractivity contribution in [2.24, 2.45) is 5.73 Å². The highest BCUT2D eigenvalue weighted by Gasteiger charge is 2.34. The Labute approximate surface area is 54.8 Å². The highest BCUT2D eigenvalue weighted by molar-refractivity contribution is 4.89. The fourth-order valence-electron chi connectivity index (χ4n) is 1.20. The highest BCUT2D eigenvalue weighted by Crippen LogP contribution is 2.22. The van der Waals surface area contributed by atoms with Crippen molar-refractivity contribution in [3.8, 4) is 0 Å². The summed E-state index contributed by atoms with van der Waals surface area (Å²) in [6.45, 7) is 1.51. The Morgan fingerprint density at radius 2 is 2.44 bits per heavy atom. The smallest absolute Gasteiger partial charge is 0.136 e. The zero-order valence-corrected chi connectivity index (χ0v) is 5.73. The quantitative estimate of drug-likeness (QED) is 0.543. The molecule has 0 aromatic rings. The van der Waals surface area contributed by atoms with E-state index in [2.05, 4.69) is 0 Å². The molecule has 1 rings (SSSR count). The molecule has 0 aliphatic carbocycles. The van der Waals surface area contributed by atoms with E-state index in [0.29, 0.717) is 13.0 Å². The lowest BCUT2D eigenvalue weighted by atomic mass is 10.1. The maximum Gasteiger partial charge on any atom is 0.136 e. The van der Waals surface area contributed by atoms with Crippen LogP contribution in [0.1, 0.15) is 6.42 Å². The van der Waals surface area contributed by atoms with E-state index in [1.54, 1.807) is 0 Å². The molecule has 0 aromatic heterocycles. The van der Waals surface area contributed by atoms with Gasteiger partial charge in [0.25, 0.3) is 0 Å². The van der Waals surface area contributed by atoms with Gasteiger partial charge < -0.3 is 10.6 Å². The standard InChI is InChI=1S/C6H13FN2/c1-9-3-2-6(7,4-8)5-9/h2-5,8H2,1H3/t6-/m1/s1. The van der Waals surface area contributed by atoms with Crippen LogP contribution in [0.25, 0.3) is 0 Å². The van der Waals surface area contributed by atoms with Gasteiger partial charge in [0.15, 0.2) is 0 Å². The van der Waals surface area contributed by atoms with Gasteiger partial charge in [-0.3, -0.25) is 0 Å². The van der Waals surface area contributed by atoms with E-state index in [9.17, 15) is 4.39 Å². The van der Waals surface area contributed by atoms with E-state index in [1.807, 2.05) is 11.9 Å². The van der Waals surface area contributed by atoms with Gasteiger partial charge in [-0.25, -0.2) is 4.39 Å². The normalized spacial score (nSPS) is 37.7. The van der Waals surface area contributed by atoms with E-state index >= 15 is 0 Å². The molecule has 0 saturated carbocycles. The van der Waals surface area contributed by atoms with Crippen LogP contribution >= 0.6 is 0 Å². The summed E-state index contributed by atoms with van der Waals surface area (Å²) >= 11 is 0. The molecule has 1 aliphatic rings. The molecule has 1 saturated heterocycles. The average molecular weight is 132 g/mol. The highest BCUT2D eigenvalue weighted by atomic mass is 19.1. The number of likely N-dealkylation sites (tertiary alicyclic amines) is 1. The summed E-state index contributed by atoms with van der Waals surface area (Å²) in [7, 11) is 1.91. The lowest BCUT2D eigenvalue weighted by molar-refractivity contribution is 0.183. The minimum Gasteiger partial charge on any atom is -0.327 e. The number of halogens is 1. The molecular weight excluding hydrogens is 119 g/mol. The van der Waals surface area contributed by atoms with Crippen molar-refractivity contribution in [2.45, 2.75) is 12.1 Å². The summed E-state index contributed by atoms with van der Waals surface area (Å²) in [5.74, 6) is 0. The van der Waals surface area contributed by atoms with Crippen LogP contribution in [0.3, 0.4) is 0 Å². The third-order valence-corrected chi connectivity index (χ3v) is 1.86. The van der Waals surface area contributed by atoms with Gasteiger partial charge in [-0.15, -0.1) is 0 Å². The predicted octanol–water partition coefficient (Wildman–Crippen LogP) is -0.0111. The Kier molecular flexibility index (Phi) is 1.73. The Morgan fingerprint density at radius 3 is 2.67 bits per heavy atom. The van der Waals surface area contributed by atoms with Gasteiger partial charge in [-0.1, -0.05) is 0 Å². The topological polar surface area (TPSA) is 29.3 Å². The largest absolute Gasteiger partial charge is 0.327 e. The van der Waals surface area contributed by atoms with Gasteiger partial charge in [0.1, 0.15) is 5.67 Å². The molecule has 0 radical (unpaired) electrons. The van der Waals surface area contributed by atoms with Crippen LogP contribution in [-0.2, 0) is 0 Å². The summed E-state index contributed by atoms with van der Waals surface area (Å²) in [5, 5.41) is 0. The van der Waals surface area contributed by atoms with Gasteiger partial charge >= 0.3 is 0 Å². The van der Waals surface area contributed by atoms with Gasteiger partial charge in [-0.05, 0) is 13.5 Å². The predicted molar refractivity (Wildman–Crippen MR) is 35.0 cm³/mol. The maximum atomic E-state index is 13.1. The third-order valence-electron chi connectivity index (χ3n) is 1.86. The summed E-state index contributed by atoms with van der Waals surface area (Å²) in [6, 6.07) is 0. The number of nitrogens with two attached hydrogens (primary N) is 1. The lowest BCUT2D eigenvalue weighted by Crippen LogP contribution is -2.35. The van der Waals surface area contributed by atoms with E-state index in [-0.39, 0.29) is 6.54 Å². The molecule has 1 aliphatic heterocycles. The van der Waals surface area contributed by atoms with Crippen LogP contribution in [0.15, 0.2) is 0 Å². The van der Waals surface area contributed by atoms with E-state index in [4.69, 9.17) is 5.73 Å². The number of alkyl halides is 1. The Balaban J connectivity index is 2.45. The zero-order chi connectivity index (χ0) is 6.91. The van der Waals surface area contributed by atoms with Gasteiger partial charge in [0, 0.05) is 19.6 Å². The monoisotopic (exact) mass is 132 g/mol. The van der Waals surface area contributed by atoms with Crippen molar-refractivity contribution in [3.05, 3.63) is 0 Å². The number of nitrogens with zero attached hydrogens (tertiary/aromatic N) is 1. The van der Waals surface area contributed by atoms with E-state index in [0.717, 1.165) is 6.54 Å². The fraction of sp³-hybridized carbons (Fsp3) is 1.00. The number of rotatable bonds is 1. The molecule has 3 heteroatoms. The molecule has 54 valence electrons. The van der Waals surface area contributed by atoms with E-state index < -0.39 is 5.67 Å². The third kappa shape index (κ3) is 1.40. The Morgan fingerprint density at radius 1 is 1.78 bits per heavy atom. The minimum absolute atomic E-state index is 0.164. The summed E-state index contributed by atoms with van der Waals surface area (Å²) < 4.78 is 13.1. The molecule has 2 nitrogen and oxygen atoms in total. The molecule has 0 bridgehead atoms. The molecule has 1 heterocycles. The van der Waals surface area contributed by atoms with Gasteiger partial charge in [0.05, 0.1) is 0 Å². The van der Waals surface area contributed by atoms with E-state index in [1.165, 1.54) is 0 Å². The minimum atomic E-state index is -1.09. The van der Waals surface area contributed by atoms with Crippen molar-refractivity contribution in [2.75, 3.05) is 26.7 Å². The summed E-state index contributed by atoms with van der Waals surface area (Å²) in [6.07, 6.45) is 0.597. The molecule has 0 unspecified atom stereocenters. The van der Waals surface area contributed by atoms with Crippen LogP contribution in [0.5, 0.6) is 0 Å². The second kappa shape index (κ2) is 2.23. The SMILES string of the molecule is CN1CC[C@@](F)(CN)C1. The van der Waals surface area contributed by atoms with Crippen molar-refractivity contribution in [3.63, 3.8) is 0 Å². The molecule has 1 fully saturated rings. The average Bonchev–Trinajstić information content (AvgIpc) is 2.13. The number of hydrogen-bond acceptors (Lipinski definition) is 2. The van der Waals surface area contributed by atoms with Crippen molar-refractivity contribution < 1.29 is 4.39 Å². The fourth-order valence-corrected chi connectivity index (χ4v) is 1.20. The van der Waals surface area contributed by atoms with Crippen LogP contribution in [0.2, 0.25) is 0 Å². The van der Waals surface area contributed by atoms with Gasteiger partial charge in [0.2, 0.25) is 0 Å². The molecule has 2 N–H and O–H groups in total. The van der Waals surface area contributed by atoms with Crippen molar-refractivity contribution in [1.29, 1.82) is 0 Å².